The lowest BCUT2D eigenvalue weighted by Crippen LogP contribution is -2.44. The topological polar surface area (TPSA) is 41.6 Å². The SMILES string of the molecule is CCNC1COCC1C(=O)N(C)c1cccc(F)c1. The maximum Gasteiger partial charge on any atom is 0.233 e. The van der Waals surface area contributed by atoms with Crippen LogP contribution in [-0.2, 0) is 9.53 Å². The molecule has 1 aliphatic rings. The van der Waals surface area contributed by atoms with E-state index in [0.717, 1.165) is 6.54 Å². The summed E-state index contributed by atoms with van der Waals surface area (Å²) in [7, 11) is 1.67. The average molecular weight is 266 g/mol. The number of carbonyl (C=O) groups is 1. The Morgan fingerprint density at radius 2 is 2.32 bits per heavy atom. The predicted molar refractivity (Wildman–Crippen MR) is 71.6 cm³/mol. The third kappa shape index (κ3) is 3.11. The molecule has 19 heavy (non-hydrogen) atoms. The molecule has 1 amide bonds. The number of benzene rings is 1. The molecule has 2 atom stereocenters. The number of carbonyl (C=O) groups excluding carboxylic acids is 1. The molecular weight excluding hydrogens is 247 g/mol. The Kier molecular flexibility index (Phi) is 4.50. The van der Waals surface area contributed by atoms with Crippen LogP contribution in [0.1, 0.15) is 6.92 Å². The molecule has 0 radical (unpaired) electrons. The Balaban J connectivity index is 2.10. The first-order valence-corrected chi connectivity index (χ1v) is 6.47. The second kappa shape index (κ2) is 6.12. The molecule has 2 rings (SSSR count). The maximum atomic E-state index is 13.2. The minimum absolute atomic E-state index is 0.0357. The average Bonchev–Trinajstić information content (AvgIpc) is 2.86. The van der Waals surface area contributed by atoms with Crippen LogP contribution in [0.3, 0.4) is 0 Å². The lowest BCUT2D eigenvalue weighted by molar-refractivity contribution is -0.122. The van der Waals surface area contributed by atoms with Gasteiger partial charge >= 0.3 is 0 Å². The van der Waals surface area contributed by atoms with Crippen LogP contribution in [0, 0.1) is 11.7 Å². The fourth-order valence-electron chi connectivity index (χ4n) is 2.32. The highest BCUT2D eigenvalue weighted by atomic mass is 19.1. The van der Waals surface area contributed by atoms with Gasteiger partial charge in [0.25, 0.3) is 0 Å². The Morgan fingerprint density at radius 1 is 1.53 bits per heavy atom. The van der Waals surface area contributed by atoms with Gasteiger partial charge < -0.3 is 15.0 Å². The molecule has 4 nitrogen and oxygen atoms in total. The van der Waals surface area contributed by atoms with E-state index in [0.29, 0.717) is 18.9 Å². The highest BCUT2D eigenvalue weighted by molar-refractivity contribution is 5.95. The fourth-order valence-corrected chi connectivity index (χ4v) is 2.32. The summed E-state index contributed by atoms with van der Waals surface area (Å²) < 4.78 is 18.6. The number of hydrogen-bond donors (Lipinski definition) is 1. The summed E-state index contributed by atoms with van der Waals surface area (Å²) in [6.07, 6.45) is 0. The number of amides is 1. The first kappa shape index (κ1) is 14.0. The van der Waals surface area contributed by atoms with Crippen molar-refractivity contribution >= 4 is 11.6 Å². The summed E-state index contributed by atoms with van der Waals surface area (Å²) >= 11 is 0. The second-order valence-electron chi connectivity index (χ2n) is 4.69. The Morgan fingerprint density at radius 3 is 3.00 bits per heavy atom. The van der Waals surface area contributed by atoms with Gasteiger partial charge in [-0.1, -0.05) is 13.0 Å². The lowest BCUT2D eigenvalue weighted by atomic mass is 10.0. The van der Waals surface area contributed by atoms with Crippen molar-refractivity contribution in [2.75, 3.05) is 31.7 Å². The summed E-state index contributed by atoms with van der Waals surface area (Å²) in [6.45, 7) is 3.75. The first-order chi connectivity index (χ1) is 9.13. The van der Waals surface area contributed by atoms with E-state index in [1.165, 1.54) is 17.0 Å². The van der Waals surface area contributed by atoms with E-state index in [9.17, 15) is 9.18 Å². The number of ether oxygens (including phenoxy) is 1. The van der Waals surface area contributed by atoms with Gasteiger partial charge in [-0.25, -0.2) is 4.39 Å². The smallest absolute Gasteiger partial charge is 0.233 e. The Labute approximate surface area is 112 Å². The van der Waals surface area contributed by atoms with Crippen molar-refractivity contribution in [2.45, 2.75) is 13.0 Å². The second-order valence-corrected chi connectivity index (χ2v) is 4.69. The first-order valence-electron chi connectivity index (χ1n) is 6.47. The molecule has 5 heteroatoms. The molecule has 0 spiro atoms. The molecule has 1 aromatic rings. The Bertz CT molecular complexity index is 453. The van der Waals surface area contributed by atoms with E-state index < -0.39 is 0 Å². The van der Waals surface area contributed by atoms with Gasteiger partial charge in [-0.3, -0.25) is 4.79 Å². The van der Waals surface area contributed by atoms with Crippen LogP contribution in [0.4, 0.5) is 10.1 Å². The van der Waals surface area contributed by atoms with Crippen molar-refractivity contribution < 1.29 is 13.9 Å². The van der Waals surface area contributed by atoms with Crippen molar-refractivity contribution in [3.8, 4) is 0 Å². The molecule has 0 aliphatic carbocycles. The maximum absolute atomic E-state index is 13.2. The van der Waals surface area contributed by atoms with Gasteiger partial charge in [0.2, 0.25) is 5.91 Å². The molecular formula is C14H19FN2O2. The molecule has 0 bridgehead atoms. The zero-order valence-electron chi connectivity index (χ0n) is 11.2. The quantitative estimate of drug-likeness (QED) is 0.896. The minimum atomic E-state index is -0.344. The number of rotatable bonds is 4. The van der Waals surface area contributed by atoms with E-state index >= 15 is 0 Å². The van der Waals surface area contributed by atoms with Crippen molar-refractivity contribution in [1.29, 1.82) is 0 Å². The van der Waals surface area contributed by atoms with E-state index in [4.69, 9.17) is 4.74 Å². The number of halogens is 1. The zero-order valence-corrected chi connectivity index (χ0v) is 11.2. The van der Waals surface area contributed by atoms with Crippen molar-refractivity contribution in [1.82, 2.24) is 5.32 Å². The molecule has 104 valence electrons. The Hall–Kier alpha value is -1.46. The molecule has 1 heterocycles. The molecule has 1 aliphatic heterocycles. The molecule has 1 fully saturated rings. The van der Waals surface area contributed by atoms with Gasteiger partial charge in [0.05, 0.1) is 19.1 Å². The number of hydrogen-bond acceptors (Lipinski definition) is 3. The van der Waals surface area contributed by atoms with E-state index in [1.54, 1.807) is 19.2 Å². The third-order valence-electron chi connectivity index (χ3n) is 3.39. The minimum Gasteiger partial charge on any atom is -0.379 e. The van der Waals surface area contributed by atoms with Crippen molar-refractivity contribution in [3.05, 3.63) is 30.1 Å². The third-order valence-corrected chi connectivity index (χ3v) is 3.39. The highest BCUT2D eigenvalue weighted by Gasteiger charge is 2.35. The highest BCUT2D eigenvalue weighted by Crippen LogP contribution is 2.21. The number of nitrogens with zero attached hydrogens (tertiary/aromatic N) is 1. The van der Waals surface area contributed by atoms with Crippen LogP contribution in [0.5, 0.6) is 0 Å². The largest absolute Gasteiger partial charge is 0.379 e. The standard InChI is InChI=1S/C14H19FN2O2/c1-3-16-13-9-19-8-12(13)14(18)17(2)11-6-4-5-10(15)7-11/h4-7,12-13,16H,3,8-9H2,1-2H3. The molecule has 0 aromatic heterocycles. The fraction of sp³-hybridized carbons (Fsp3) is 0.500. The van der Waals surface area contributed by atoms with Crippen LogP contribution < -0.4 is 10.2 Å². The van der Waals surface area contributed by atoms with Gasteiger partial charge in [0.15, 0.2) is 0 Å². The van der Waals surface area contributed by atoms with Crippen LogP contribution in [0.25, 0.3) is 0 Å². The summed E-state index contributed by atoms with van der Waals surface area (Å²) in [5.74, 6) is -0.606. The summed E-state index contributed by atoms with van der Waals surface area (Å²) in [5.41, 5.74) is 0.562. The van der Waals surface area contributed by atoms with Gasteiger partial charge in [0, 0.05) is 18.8 Å². The van der Waals surface area contributed by atoms with Gasteiger partial charge in [-0.05, 0) is 24.7 Å². The van der Waals surface area contributed by atoms with Crippen LogP contribution in [0.15, 0.2) is 24.3 Å². The van der Waals surface area contributed by atoms with Gasteiger partial charge in [-0.2, -0.15) is 0 Å². The van der Waals surface area contributed by atoms with Crippen LogP contribution in [-0.4, -0.2) is 38.8 Å². The van der Waals surface area contributed by atoms with Crippen molar-refractivity contribution in [3.63, 3.8) is 0 Å². The molecule has 1 aromatic carbocycles. The van der Waals surface area contributed by atoms with E-state index in [1.807, 2.05) is 6.92 Å². The molecule has 2 unspecified atom stereocenters. The normalized spacial score (nSPS) is 22.5. The summed E-state index contributed by atoms with van der Waals surface area (Å²) in [6, 6.07) is 6.08. The zero-order chi connectivity index (χ0) is 13.8. The number of anilines is 1. The molecule has 0 saturated carbocycles. The summed E-state index contributed by atoms with van der Waals surface area (Å²) in [5, 5.41) is 3.25. The molecule has 1 saturated heterocycles. The van der Waals surface area contributed by atoms with Gasteiger partial charge in [-0.15, -0.1) is 0 Å². The number of nitrogens with one attached hydrogen (secondary N) is 1. The van der Waals surface area contributed by atoms with Crippen LogP contribution in [0.2, 0.25) is 0 Å². The van der Waals surface area contributed by atoms with Crippen molar-refractivity contribution in [2.24, 2.45) is 5.92 Å². The monoisotopic (exact) mass is 266 g/mol. The van der Waals surface area contributed by atoms with E-state index in [2.05, 4.69) is 5.32 Å². The van der Waals surface area contributed by atoms with Crippen LogP contribution >= 0.6 is 0 Å². The lowest BCUT2D eigenvalue weighted by Gasteiger charge is -2.24. The molecule has 1 N–H and O–H groups in total. The number of likely N-dealkylation sites (N-methyl/N-ethyl adjacent to an activating group) is 1. The predicted octanol–water partition coefficient (Wildman–Crippen LogP) is 1.41. The van der Waals surface area contributed by atoms with E-state index in [-0.39, 0.29) is 23.7 Å². The van der Waals surface area contributed by atoms with Gasteiger partial charge in [0.1, 0.15) is 5.82 Å². The summed E-state index contributed by atoms with van der Waals surface area (Å²) in [4.78, 5) is 13.9.